The van der Waals surface area contributed by atoms with Crippen LogP contribution in [0.2, 0.25) is 0 Å². The molecule has 5 nitrogen and oxygen atoms in total. The Morgan fingerprint density at radius 3 is 2.31 bits per heavy atom. The van der Waals surface area contributed by atoms with E-state index in [0.717, 1.165) is 18.7 Å². The Balaban J connectivity index is 1.77. The Morgan fingerprint density at radius 2 is 1.66 bits per heavy atom. The maximum atomic E-state index is 13.3. The maximum absolute atomic E-state index is 13.3. The van der Waals surface area contributed by atoms with Crippen LogP contribution in [-0.4, -0.2) is 47.9 Å². The lowest BCUT2D eigenvalue weighted by atomic mass is 10.0. The van der Waals surface area contributed by atoms with Crippen molar-refractivity contribution < 1.29 is 9.21 Å². The van der Waals surface area contributed by atoms with Crippen molar-refractivity contribution in [2.24, 2.45) is 0 Å². The lowest BCUT2D eigenvalue weighted by molar-refractivity contribution is 0.0596. The first kappa shape index (κ1) is 19.4. The van der Waals surface area contributed by atoms with Crippen molar-refractivity contribution in [3.05, 3.63) is 69.9 Å². The molecule has 2 aromatic carbocycles. The topological polar surface area (TPSA) is 53.8 Å². The number of hydrogen-bond donors (Lipinski definition) is 0. The monoisotopic (exact) mass is 390 g/mol. The lowest BCUT2D eigenvalue weighted by Gasteiger charge is -2.37. The van der Waals surface area contributed by atoms with Crippen LogP contribution in [0, 0.1) is 6.92 Å². The van der Waals surface area contributed by atoms with Gasteiger partial charge in [0.05, 0.1) is 10.9 Å². The van der Waals surface area contributed by atoms with Crippen molar-refractivity contribution in [2.45, 2.75) is 26.8 Å². The summed E-state index contributed by atoms with van der Waals surface area (Å²) in [6.45, 7) is 9.17. The highest BCUT2D eigenvalue weighted by Crippen LogP contribution is 2.28. The van der Waals surface area contributed by atoms with Crippen LogP contribution in [0.25, 0.3) is 22.3 Å². The molecule has 0 spiro atoms. The molecule has 5 heteroatoms. The summed E-state index contributed by atoms with van der Waals surface area (Å²) in [5.74, 6) is 0.443. The van der Waals surface area contributed by atoms with E-state index in [1.807, 2.05) is 35.2 Å². The summed E-state index contributed by atoms with van der Waals surface area (Å²) in [7, 11) is 0. The van der Waals surface area contributed by atoms with Gasteiger partial charge >= 0.3 is 0 Å². The standard InChI is InChI=1S/C24H26N2O3/c1-16(2)25-12-14-26(15-13-25)24(28)20-11-7-10-19-21(27)17(3)22(29-23(19)20)18-8-5-4-6-9-18/h4-11,16H,12-15H2,1-3H3. The van der Waals surface area contributed by atoms with E-state index in [9.17, 15) is 9.59 Å². The molecule has 0 unspecified atom stereocenters. The van der Waals surface area contributed by atoms with Gasteiger partial charge in [0.1, 0.15) is 5.76 Å². The summed E-state index contributed by atoms with van der Waals surface area (Å²) in [4.78, 5) is 30.5. The summed E-state index contributed by atoms with van der Waals surface area (Å²) in [6.07, 6.45) is 0. The summed E-state index contributed by atoms with van der Waals surface area (Å²) in [5.41, 5.74) is 2.12. The molecule has 1 saturated heterocycles. The van der Waals surface area contributed by atoms with E-state index in [0.29, 0.717) is 47.0 Å². The van der Waals surface area contributed by atoms with E-state index >= 15 is 0 Å². The van der Waals surface area contributed by atoms with Gasteiger partial charge in [0, 0.05) is 43.3 Å². The number of carbonyl (C=O) groups is 1. The second-order valence-electron chi connectivity index (χ2n) is 7.86. The fourth-order valence-electron chi connectivity index (χ4n) is 3.95. The largest absolute Gasteiger partial charge is 0.455 e. The highest BCUT2D eigenvalue weighted by atomic mass is 16.3. The number of carbonyl (C=O) groups excluding carboxylic acids is 1. The van der Waals surface area contributed by atoms with Crippen LogP contribution in [-0.2, 0) is 0 Å². The smallest absolute Gasteiger partial charge is 0.257 e. The Hall–Kier alpha value is -2.92. The van der Waals surface area contributed by atoms with Gasteiger partial charge in [-0.15, -0.1) is 0 Å². The molecule has 0 radical (unpaired) electrons. The van der Waals surface area contributed by atoms with E-state index in [-0.39, 0.29) is 11.3 Å². The van der Waals surface area contributed by atoms with Gasteiger partial charge in [-0.05, 0) is 32.9 Å². The number of amides is 1. The first-order valence-electron chi connectivity index (χ1n) is 10.1. The molecule has 0 N–H and O–H groups in total. The van der Waals surface area contributed by atoms with Crippen molar-refractivity contribution >= 4 is 16.9 Å². The number of fused-ring (bicyclic) bond motifs is 1. The first-order chi connectivity index (χ1) is 14.0. The third-order valence-electron chi connectivity index (χ3n) is 5.74. The van der Waals surface area contributed by atoms with Crippen molar-refractivity contribution in [1.82, 2.24) is 9.80 Å². The molecule has 3 aromatic rings. The fraction of sp³-hybridized carbons (Fsp3) is 0.333. The van der Waals surface area contributed by atoms with Gasteiger partial charge in [0.25, 0.3) is 5.91 Å². The second kappa shape index (κ2) is 7.84. The molecule has 4 rings (SSSR count). The maximum Gasteiger partial charge on any atom is 0.257 e. The molecule has 1 aliphatic rings. The van der Waals surface area contributed by atoms with Gasteiger partial charge in [-0.1, -0.05) is 36.4 Å². The number of nitrogens with zero attached hydrogens (tertiary/aromatic N) is 2. The summed E-state index contributed by atoms with van der Waals surface area (Å²) in [6, 6.07) is 15.3. The first-order valence-corrected chi connectivity index (χ1v) is 10.1. The average Bonchev–Trinajstić information content (AvgIpc) is 2.76. The fourth-order valence-corrected chi connectivity index (χ4v) is 3.95. The predicted octanol–water partition coefficient (Wildman–Crippen LogP) is 3.93. The molecule has 0 bridgehead atoms. The minimum atomic E-state index is -0.0932. The Bertz CT molecular complexity index is 1090. The molecule has 1 aromatic heterocycles. The van der Waals surface area contributed by atoms with Crippen molar-refractivity contribution in [2.75, 3.05) is 26.2 Å². The molecule has 150 valence electrons. The SMILES string of the molecule is Cc1c(-c2ccccc2)oc2c(C(=O)N3CCN(C(C)C)CC3)cccc2c1=O. The molecule has 0 atom stereocenters. The predicted molar refractivity (Wildman–Crippen MR) is 115 cm³/mol. The molecule has 2 heterocycles. The number of benzene rings is 2. The van der Waals surface area contributed by atoms with Gasteiger partial charge in [-0.25, -0.2) is 0 Å². The van der Waals surface area contributed by atoms with E-state index in [4.69, 9.17) is 4.42 Å². The third kappa shape index (κ3) is 3.58. The molecule has 1 amide bonds. The van der Waals surface area contributed by atoms with E-state index in [2.05, 4.69) is 18.7 Å². The zero-order valence-electron chi connectivity index (χ0n) is 17.1. The Morgan fingerprint density at radius 1 is 0.966 bits per heavy atom. The van der Waals surface area contributed by atoms with Crippen LogP contribution in [0.1, 0.15) is 29.8 Å². The van der Waals surface area contributed by atoms with E-state index in [1.54, 1.807) is 25.1 Å². The molecule has 0 saturated carbocycles. The Kier molecular flexibility index (Phi) is 5.24. The third-order valence-corrected chi connectivity index (χ3v) is 5.74. The second-order valence-corrected chi connectivity index (χ2v) is 7.86. The summed E-state index contributed by atoms with van der Waals surface area (Å²) in [5, 5.41) is 0.453. The van der Waals surface area contributed by atoms with Gasteiger partial charge in [-0.3, -0.25) is 14.5 Å². The van der Waals surface area contributed by atoms with Crippen LogP contribution in [0.3, 0.4) is 0 Å². The lowest BCUT2D eigenvalue weighted by Crippen LogP contribution is -2.50. The molecule has 0 aliphatic carbocycles. The van der Waals surface area contributed by atoms with Crippen LogP contribution in [0.4, 0.5) is 0 Å². The zero-order chi connectivity index (χ0) is 20.5. The number of hydrogen-bond acceptors (Lipinski definition) is 4. The molecular weight excluding hydrogens is 364 g/mol. The summed E-state index contributed by atoms with van der Waals surface area (Å²) >= 11 is 0. The molecular formula is C24H26N2O3. The van der Waals surface area contributed by atoms with E-state index in [1.165, 1.54) is 0 Å². The normalized spacial score (nSPS) is 15.2. The van der Waals surface area contributed by atoms with Gasteiger partial charge in [0.15, 0.2) is 11.0 Å². The Labute approximate surface area is 170 Å². The average molecular weight is 390 g/mol. The molecule has 1 fully saturated rings. The number of rotatable bonds is 3. The van der Waals surface area contributed by atoms with Crippen molar-refractivity contribution in [1.29, 1.82) is 0 Å². The number of para-hydroxylation sites is 1. The van der Waals surface area contributed by atoms with Crippen LogP contribution in [0.15, 0.2) is 57.7 Å². The highest BCUT2D eigenvalue weighted by molar-refractivity contribution is 6.05. The molecule has 1 aliphatic heterocycles. The number of piperazine rings is 1. The quantitative estimate of drug-likeness (QED) is 0.680. The molecule has 29 heavy (non-hydrogen) atoms. The van der Waals surface area contributed by atoms with Gasteiger partial charge < -0.3 is 9.32 Å². The van der Waals surface area contributed by atoms with Crippen LogP contribution >= 0.6 is 0 Å². The van der Waals surface area contributed by atoms with Gasteiger partial charge in [0.2, 0.25) is 0 Å². The zero-order valence-corrected chi connectivity index (χ0v) is 17.1. The minimum Gasteiger partial charge on any atom is -0.455 e. The van der Waals surface area contributed by atoms with Crippen molar-refractivity contribution in [3.8, 4) is 11.3 Å². The van der Waals surface area contributed by atoms with Crippen molar-refractivity contribution in [3.63, 3.8) is 0 Å². The summed E-state index contributed by atoms with van der Waals surface area (Å²) < 4.78 is 6.20. The van der Waals surface area contributed by atoms with E-state index < -0.39 is 0 Å². The van der Waals surface area contributed by atoms with Gasteiger partial charge in [-0.2, -0.15) is 0 Å². The highest BCUT2D eigenvalue weighted by Gasteiger charge is 2.26. The minimum absolute atomic E-state index is 0.0787. The van der Waals surface area contributed by atoms with Crippen LogP contribution < -0.4 is 5.43 Å². The van der Waals surface area contributed by atoms with Crippen LogP contribution in [0.5, 0.6) is 0 Å².